The molecule has 0 nitrogen and oxygen atoms in total. The summed E-state index contributed by atoms with van der Waals surface area (Å²) in [5, 5.41) is 0. The van der Waals surface area contributed by atoms with Crippen molar-refractivity contribution in [3.8, 4) is 0 Å². The van der Waals surface area contributed by atoms with Crippen molar-refractivity contribution in [2.24, 2.45) is 0 Å². The molecule has 0 spiro atoms. The Kier molecular flexibility index (Phi) is 35.5. The van der Waals surface area contributed by atoms with Gasteiger partial charge < -0.3 is 12.6 Å². The van der Waals surface area contributed by atoms with E-state index in [9.17, 15) is 0 Å². The van der Waals surface area contributed by atoms with E-state index in [4.69, 9.17) is 0 Å². The maximum atomic E-state index is 4.08. The maximum absolute atomic E-state index is 4.08. The minimum Gasteiger partial charge on any atom is -0.796 e. The van der Waals surface area contributed by atoms with Gasteiger partial charge in [0.25, 0.3) is 0 Å². The van der Waals surface area contributed by atoms with Crippen LogP contribution in [0.15, 0.2) is 0 Å². The predicted octanol–water partition coefficient (Wildman–Crippen LogP) is 1.53. The molecule has 0 rings (SSSR count). The molecule has 42 valence electrons. The number of rotatable bonds is 0. The molecule has 0 bridgehead atoms. The van der Waals surface area contributed by atoms with Crippen LogP contribution in [0.1, 0.15) is 0 Å². The molecule has 0 atom stereocenters. The van der Waals surface area contributed by atoms with Crippen LogP contribution in [0, 0.1) is 0 Å². The van der Waals surface area contributed by atoms with Gasteiger partial charge in [-0.3, -0.25) is 0 Å². The Hall–Kier alpha value is 1.67. The molecule has 0 saturated carbocycles. The van der Waals surface area contributed by atoms with Crippen LogP contribution in [-0.2, 0) is 45.3 Å². The van der Waals surface area contributed by atoms with E-state index >= 15 is 0 Å². The normalized spacial score (nSPS) is 6.00. The first-order chi connectivity index (χ1) is 2.73. The van der Waals surface area contributed by atoms with E-state index in [2.05, 4.69) is 32.3 Å². The summed E-state index contributed by atoms with van der Waals surface area (Å²) in [6.45, 7) is 6.81. The summed E-state index contributed by atoms with van der Waals surface area (Å²) in [5.41, 5.74) is 0. The van der Waals surface area contributed by atoms with Crippen LogP contribution in [0.5, 0.6) is 0 Å². The van der Waals surface area contributed by atoms with Crippen molar-refractivity contribution < 1.29 is 32.7 Å². The van der Waals surface area contributed by atoms with Crippen molar-refractivity contribution >= 4 is 21.4 Å². The SMILES string of the molecule is C[S-].C[Si](C)C.[Y]. The van der Waals surface area contributed by atoms with Crippen LogP contribution in [0.4, 0.5) is 0 Å². The molecular formula is C4H12SSiY-. The maximum Gasteiger partial charge on any atom is 0.0379 e. The molecule has 7 heavy (non-hydrogen) atoms. The van der Waals surface area contributed by atoms with E-state index in [1.54, 1.807) is 6.26 Å². The van der Waals surface area contributed by atoms with Crippen molar-refractivity contribution in [1.82, 2.24) is 0 Å². The van der Waals surface area contributed by atoms with Gasteiger partial charge in [0, 0.05) is 41.5 Å². The van der Waals surface area contributed by atoms with Crippen molar-refractivity contribution in [2.45, 2.75) is 19.6 Å². The van der Waals surface area contributed by atoms with Crippen molar-refractivity contribution in [3.63, 3.8) is 0 Å². The summed E-state index contributed by atoms with van der Waals surface area (Å²) >= 11 is 4.08. The van der Waals surface area contributed by atoms with E-state index in [0.29, 0.717) is 0 Å². The Morgan fingerprint density at radius 1 is 1.00 bits per heavy atom. The third-order valence-electron chi connectivity index (χ3n) is 0. The summed E-state index contributed by atoms with van der Waals surface area (Å²) in [6.07, 6.45) is 1.58. The minimum absolute atomic E-state index is 0. The van der Waals surface area contributed by atoms with Crippen LogP contribution >= 0.6 is 0 Å². The van der Waals surface area contributed by atoms with Crippen molar-refractivity contribution in [1.29, 1.82) is 0 Å². The Balaban J connectivity index is -0.0000000480. The molecule has 0 aromatic rings. The van der Waals surface area contributed by atoms with Gasteiger partial charge in [0.05, 0.1) is 0 Å². The molecule has 0 N–H and O–H groups in total. The first kappa shape index (κ1) is 15.9. The zero-order valence-corrected chi connectivity index (χ0v) is 10.1. The van der Waals surface area contributed by atoms with E-state index in [1.165, 1.54) is 0 Å². The van der Waals surface area contributed by atoms with E-state index in [0.717, 1.165) is 0 Å². The van der Waals surface area contributed by atoms with Gasteiger partial charge in [-0.2, -0.15) is 6.26 Å². The van der Waals surface area contributed by atoms with Gasteiger partial charge in [-0.1, -0.05) is 19.6 Å². The third-order valence-corrected chi connectivity index (χ3v) is 0. The molecule has 0 saturated heterocycles. The molecule has 0 unspecified atom stereocenters. The molecule has 2 radical (unpaired) electrons. The van der Waals surface area contributed by atoms with Crippen LogP contribution in [0.3, 0.4) is 0 Å². The third kappa shape index (κ3) is 88.4. The van der Waals surface area contributed by atoms with Crippen molar-refractivity contribution in [2.75, 3.05) is 6.26 Å². The average molecular weight is 209 g/mol. The first-order valence-corrected chi connectivity index (χ1v) is 5.72. The number of hydrogen-bond acceptors (Lipinski definition) is 1. The molecular weight excluding hydrogens is 197 g/mol. The molecule has 0 amide bonds. The van der Waals surface area contributed by atoms with Crippen LogP contribution in [-0.4, -0.2) is 15.1 Å². The second-order valence-corrected chi connectivity index (χ2v) is 4.50. The topological polar surface area (TPSA) is 0 Å². The second-order valence-electron chi connectivity index (χ2n) is 1.50. The summed E-state index contributed by atoms with van der Waals surface area (Å²) in [5.74, 6) is 0. The molecule has 0 aromatic heterocycles. The van der Waals surface area contributed by atoms with E-state index in [1.807, 2.05) is 0 Å². The summed E-state index contributed by atoms with van der Waals surface area (Å²) in [6, 6.07) is 0. The predicted molar refractivity (Wildman–Crippen MR) is 36.6 cm³/mol. The van der Waals surface area contributed by atoms with Crippen LogP contribution in [0.2, 0.25) is 19.6 Å². The van der Waals surface area contributed by atoms with Gasteiger partial charge in [0.1, 0.15) is 0 Å². The van der Waals surface area contributed by atoms with Gasteiger partial charge >= 0.3 is 0 Å². The molecule has 0 aromatic carbocycles. The molecule has 0 aliphatic carbocycles. The van der Waals surface area contributed by atoms with Crippen LogP contribution in [0.25, 0.3) is 0 Å². The minimum atomic E-state index is 0. The van der Waals surface area contributed by atoms with Gasteiger partial charge in [-0.25, -0.2) is 0 Å². The standard InChI is InChI=1S/C3H9Si.CH4S.Y/c1-4(2)3;1-2;/h1-3H3;2H,1H3;/p-1. The van der Waals surface area contributed by atoms with Gasteiger partial charge in [-0.15, -0.1) is 0 Å². The molecule has 0 aliphatic heterocycles. The summed E-state index contributed by atoms with van der Waals surface area (Å²) in [7, 11) is 0.120. The zero-order valence-electron chi connectivity index (χ0n) is 5.49. The average Bonchev–Trinajstić information content (AvgIpc) is 1.41. The Labute approximate surface area is 79.4 Å². The Morgan fingerprint density at radius 2 is 1.00 bits per heavy atom. The fourth-order valence-corrected chi connectivity index (χ4v) is 0. The van der Waals surface area contributed by atoms with E-state index in [-0.39, 0.29) is 41.5 Å². The van der Waals surface area contributed by atoms with Crippen LogP contribution < -0.4 is 0 Å². The summed E-state index contributed by atoms with van der Waals surface area (Å²) in [4.78, 5) is 0. The first-order valence-electron chi connectivity index (χ1n) is 1.91. The zero-order chi connectivity index (χ0) is 5.58. The Bertz CT molecular complexity index is 16.4. The van der Waals surface area contributed by atoms with Crippen molar-refractivity contribution in [3.05, 3.63) is 0 Å². The van der Waals surface area contributed by atoms with Gasteiger partial charge in [-0.05, 0) is 0 Å². The molecule has 0 heterocycles. The molecule has 3 heteroatoms. The fraction of sp³-hybridized carbons (Fsp3) is 1.00. The summed E-state index contributed by atoms with van der Waals surface area (Å²) < 4.78 is 0. The Morgan fingerprint density at radius 3 is 1.00 bits per heavy atom. The van der Waals surface area contributed by atoms with Gasteiger partial charge in [0.15, 0.2) is 0 Å². The quantitative estimate of drug-likeness (QED) is 0.430. The fourth-order valence-electron chi connectivity index (χ4n) is 0. The molecule has 0 aliphatic rings. The largest absolute Gasteiger partial charge is 0.796 e. The number of hydrogen-bond donors (Lipinski definition) is 0. The molecule has 0 fully saturated rings. The smallest absolute Gasteiger partial charge is 0.0379 e. The second kappa shape index (κ2) is 15.6. The van der Waals surface area contributed by atoms with E-state index < -0.39 is 0 Å². The monoisotopic (exact) mass is 209 g/mol. The van der Waals surface area contributed by atoms with Gasteiger partial charge in [0.2, 0.25) is 0 Å².